The third kappa shape index (κ3) is 11.7. The molecule has 71 heavy (non-hydrogen) atoms. The van der Waals surface area contributed by atoms with Gasteiger partial charge in [-0.3, -0.25) is 0 Å². The zero-order chi connectivity index (χ0) is 49.6. The molecular weight excluding hydrogens is 869 g/mol. The minimum absolute atomic E-state index is 0.531. The van der Waals surface area contributed by atoms with E-state index in [1.807, 2.05) is 13.8 Å². The summed E-state index contributed by atoms with van der Waals surface area (Å²) in [5.74, 6) is 4.40. The van der Waals surface area contributed by atoms with E-state index in [2.05, 4.69) is 125 Å². The summed E-state index contributed by atoms with van der Waals surface area (Å²) in [6, 6.07) is 35.5. The van der Waals surface area contributed by atoms with Gasteiger partial charge in [0.2, 0.25) is 0 Å². The Morgan fingerprint density at radius 3 is 0.732 bits per heavy atom. The van der Waals surface area contributed by atoms with Gasteiger partial charge >= 0.3 is 0 Å². The van der Waals surface area contributed by atoms with Crippen LogP contribution in [-0.4, -0.2) is 28.2 Å². The van der Waals surface area contributed by atoms with Gasteiger partial charge in [0.05, 0.1) is 0 Å². The highest BCUT2D eigenvalue weighted by molar-refractivity contribution is 5.46. The molecule has 9 rings (SSSR count). The van der Waals surface area contributed by atoms with Crippen LogP contribution < -0.4 is 0 Å². The average Bonchev–Trinajstić information content (AvgIpc) is 3.75. The molecule has 0 unspecified atom stereocenters. The van der Waals surface area contributed by atoms with Gasteiger partial charge in [0.25, 0.3) is 0 Å². The smallest absolute Gasteiger partial charge is 0.164 e. The first-order chi connectivity index (χ1) is 34.4. The van der Waals surface area contributed by atoms with Crippen molar-refractivity contribution in [3.8, 4) is 0 Å². The Kier molecular flexibility index (Phi) is 17.4. The maximum atomic E-state index is 14.1. The molecule has 1 heterocycles. The molecule has 2 atom stereocenters. The molecule has 0 bridgehead atoms. The van der Waals surface area contributed by atoms with Crippen molar-refractivity contribution in [1.82, 2.24) is 0 Å². The molecule has 4 heteroatoms. The number of rotatable bonds is 18. The van der Waals surface area contributed by atoms with Crippen molar-refractivity contribution in [2.75, 3.05) is 0 Å². The summed E-state index contributed by atoms with van der Waals surface area (Å²) < 4.78 is 14.3. The molecule has 2 N–H and O–H groups in total. The van der Waals surface area contributed by atoms with Crippen molar-refractivity contribution in [3.63, 3.8) is 0 Å². The van der Waals surface area contributed by atoms with Crippen molar-refractivity contribution in [3.05, 3.63) is 142 Å². The van der Waals surface area contributed by atoms with E-state index >= 15 is 0 Å². The average molecular weight is 963 g/mol. The standard InChI is InChI=1S/C67H94O4/c1-7-11-47-15-23-51(24-16-47)55-31-39-59(40-32-55)66(68,60-41-33-56(34-42-60)52-25-17-48(12-8-2)18-26-52)63-64(71-65(5,6)70-63)67(69,61-43-35-57(36-44-61)53-27-19-49(13-9-3)20-28-53)62-45-37-58(38-46-62)54-29-21-50(14-10-4)22-30-54/h31-54,63-64,68-69H,7-30H2,1-6H3/t47?,48?,49?,50?,51?,52?,53?,54?,63-,64-,66?,67?/m1/s1. The van der Waals surface area contributed by atoms with E-state index in [-0.39, 0.29) is 0 Å². The van der Waals surface area contributed by atoms with Crippen LogP contribution in [0.1, 0.15) is 264 Å². The molecule has 0 radical (unpaired) electrons. The van der Waals surface area contributed by atoms with E-state index in [0.717, 1.165) is 45.9 Å². The maximum Gasteiger partial charge on any atom is 0.164 e. The van der Waals surface area contributed by atoms with E-state index in [1.54, 1.807) is 0 Å². The molecule has 1 aliphatic heterocycles. The van der Waals surface area contributed by atoms with Crippen LogP contribution >= 0.6 is 0 Å². The normalized spacial score (nSPS) is 30.9. The van der Waals surface area contributed by atoms with Gasteiger partial charge in [-0.15, -0.1) is 0 Å². The van der Waals surface area contributed by atoms with Gasteiger partial charge in [-0.2, -0.15) is 0 Å². The summed E-state index contributed by atoms with van der Waals surface area (Å²) in [7, 11) is 0. The van der Waals surface area contributed by atoms with Gasteiger partial charge in [0, 0.05) is 0 Å². The van der Waals surface area contributed by atoms with Gasteiger partial charge in [-0.25, -0.2) is 0 Å². The Hall–Kier alpha value is -3.28. The van der Waals surface area contributed by atoms with Crippen LogP contribution in [-0.2, 0) is 20.7 Å². The highest BCUT2D eigenvalue weighted by atomic mass is 16.8. The number of benzene rings is 4. The van der Waals surface area contributed by atoms with Gasteiger partial charge < -0.3 is 19.7 Å². The molecule has 1 saturated heterocycles. The molecule has 5 aliphatic rings. The molecule has 0 aromatic heterocycles. The highest BCUT2D eigenvalue weighted by Gasteiger charge is 2.61. The summed E-state index contributed by atoms with van der Waals surface area (Å²) in [5.41, 5.74) is 5.20. The monoisotopic (exact) mass is 963 g/mol. The van der Waals surface area contributed by atoms with E-state index < -0.39 is 29.2 Å². The fourth-order valence-electron chi connectivity index (χ4n) is 15.2. The summed E-state index contributed by atoms with van der Waals surface area (Å²) >= 11 is 0. The van der Waals surface area contributed by atoms with Crippen LogP contribution in [0.3, 0.4) is 0 Å². The third-order valence-electron chi connectivity index (χ3n) is 19.4. The van der Waals surface area contributed by atoms with Crippen molar-refractivity contribution in [1.29, 1.82) is 0 Å². The lowest BCUT2D eigenvalue weighted by Gasteiger charge is -2.43. The molecule has 5 fully saturated rings. The molecule has 0 amide bonds. The number of aliphatic hydroxyl groups is 2. The maximum absolute atomic E-state index is 14.1. The van der Waals surface area contributed by atoms with Crippen LogP contribution in [0.5, 0.6) is 0 Å². The molecule has 4 saturated carbocycles. The second-order valence-electron chi connectivity index (χ2n) is 24.5. The molecular formula is C67H94O4. The molecule has 4 aromatic rings. The van der Waals surface area contributed by atoms with Crippen LogP contribution in [0.25, 0.3) is 0 Å². The Morgan fingerprint density at radius 2 is 0.549 bits per heavy atom. The van der Waals surface area contributed by atoms with Crippen molar-refractivity contribution in [2.24, 2.45) is 23.7 Å². The molecule has 386 valence electrons. The van der Waals surface area contributed by atoms with Crippen molar-refractivity contribution >= 4 is 0 Å². The van der Waals surface area contributed by atoms with E-state index in [9.17, 15) is 10.2 Å². The summed E-state index contributed by atoms with van der Waals surface area (Å²) in [6.07, 6.45) is 28.6. The van der Waals surface area contributed by atoms with Gasteiger partial charge in [0.1, 0.15) is 23.4 Å². The Bertz CT molecular complexity index is 1910. The number of hydrogen-bond acceptors (Lipinski definition) is 4. The lowest BCUT2D eigenvalue weighted by atomic mass is 9.70. The topological polar surface area (TPSA) is 58.9 Å². The predicted octanol–water partition coefficient (Wildman–Crippen LogP) is 17.7. The zero-order valence-corrected chi connectivity index (χ0v) is 45.2. The fraction of sp³-hybridized carbons (Fsp3) is 0.642. The van der Waals surface area contributed by atoms with Crippen LogP contribution in [0.15, 0.2) is 97.1 Å². The fourth-order valence-corrected chi connectivity index (χ4v) is 15.2. The summed E-state index contributed by atoms with van der Waals surface area (Å²) in [5, 5.41) is 28.3. The van der Waals surface area contributed by atoms with Gasteiger partial charge in [0.15, 0.2) is 5.79 Å². The van der Waals surface area contributed by atoms with Gasteiger partial charge in [-0.1, -0.05) is 176 Å². The van der Waals surface area contributed by atoms with E-state index in [0.29, 0.717) is 23.7 Å². The molecule has 0 spiro atoms. The Labute approximate surface area is 431 Å². The van der Waals surface area contributed by atoms with E-state index in [4.69, 9.17) is 9.47 Å². The van der Waals surface area contributed by atoms with Crippen LogP contribution in [0.2, 0.25) is 0 Å². The van der Waals surface area contributed by atoms with Gasteiger partial charge in [-0.05, 0) is 208 Å². The molecule has 4 aromatic carbocycles. The predicted molar refractivity (Wildman–Crippen MR) is 294 cm³/mol. The molecule has 4 aliphatic carbocycles. The lowest BCUT2D eigenvalue weighted by molar-refractivity contribution is -0.172. The lowest BCUT2D eigenvalue weighted by Crippen LogP contribution is -2.55. The zero-order valence-electron chi connectivity index (χ0n) is 45.2. The molecule has 4 nitrogen and oxygen atoms in total. The van der Waals surface area contributed by atoms with E-state index in [1.165, 1.54) is 176 Å². The van der Waals surface area contributed by atoms with Crippen LogP contribution in [0.4, 0.5) is 0 Å². The van der Waals surface area contributed by atoms with Crippen LogP contribution in [0, 0.1) is 23.7 Å². The SMILES string of the molecule is CCCC1CCC(c2ccc(C(O)(c3ccc(C4CCC(CCC)CC4)cc3)[C@@H]3OC(C)(C)O[C@H]3C(O)(c3ccc(C4CCC(CCC)CC4)cc3)c3ccc(C4CCC(CCC)CC4)cc3)cc2)CC1. The minimum Gasteiger partial charge on any atom is -0.378 e. The largest absolute Gasteiger partial charge is 0.378 e. The number of hydrogen-bond donors (Lipinski definition) is 2. The first-order valence-electron chi connectivity index (χ1n) is 29.7. The second kappa shape index (κ2) is 23.5. The minimum atomic E-state index is -1.66. The number of ether oxygens (including phenoxy) is 2. The third-order valence-corrected chi connectivity index (χ3v) is 19.4. The van der Waals surface area contributed by atoms with Crippen molar-refractivity contribution < 1.29 is 19.7 Å². The summed E-state index contributed by atoms with van der Waals surface area (Å²) in [4.78, 5) is 0. The van der Waals surface area contributed by atoms with Crippen molar-refractivity contribution in [2.45, 2.75) is 249 Å². The first-order valence-corrected chi connectivity index (χ1v) is 29.7. The Morgan fingerprint density at radius 1 is 0.352 bits per heavy atom. The second-order valence-corrected chi connectivity index (χ2v) is 24.5. The summed E-state index contributed by atoms with van der Waals surface area (Å²) in [6.45, 7) is 13.2. The highest BCUT2D eigenvalue weighted by Crippen LogP contribution is 2.52. The Balaban J connectivity index is 1.10. The quantitative estimate of drug-likeness (QED) is 0.104. The first kappa shape index (κ1) is 52.6.